The van der Waals surface area contributed by atoms with Gasteiger partial charge in [-0.1, -0.05) is 87.5 Å². The molecule has 110 valence electrons. The Labute approximate surface area is 117 Å². The van der Waals surface area contributed by atoms with E-state index in [2.05, 4.69) is 55.4 Å². The van der Waals surface area contributed by atoms with Crippen molar-refractivity contribution >= 4 is 0 Å². The first-order valence-electron chi connectivity index (χ1n) is 8.36. The Balaban J connectivity index is 4.94. The highest BCUT2D eigenvalue weighted by molar-refractivity contribution is 4.87. The van der Waals surface area contributed by atoms with Crippen LogP contribution in [0.15, 0.2) is 0 Å². The van der Waals surface area contributed by atoms with E-state index in [4.69, 9.17) is 0 Å². The SMILES string of the molecule is CCCC(CC)C(C)C(C)(C)C(CC)C(C)CC. The molecule has 0 saturated carbocycles. The standard InChI is InChI=1S/C18H38/c1-9-13-16(11-3)15(6)18(7,8)17(12-4)14(5)10-2/h14-17H,9-13H2,1-8H3. The van der Waals surface area contributed by atoms with Gasteiger partial charge in [0.25, 0.3) is 0 Å². The average molecular weight is 255 g/mol. The summed E-state index contributed by atoms with van der Waals surface area (Å²) in [5, 5.41) is 0. The van der Waals surface area contributed by atoms with Crippen LogP contribution in [-0.2, 0) is 0 Å². The minimum absolute atomic E-state index is 0.472. The molecule has 0 nitrogen and oxygen atoms in total. The van der Waals surface area contributed by atoms with Crippen molar-refractivity contribution in [2.75, 3.05) is 0 Å². The largest absolute Gasteiger partial charge is 0.0654 e. The number of rotatable bonds is 9. The highest BCUT2D eigenvalue weighted by Crippen LogP contribution is 2.46. The second-order valence-corrected chi connectivity index (χ2v) is 6.97. The van der Waals surface area contributed by atoms with Crippen molar-refractivity contribution in [1.82, 2.24) is 0 Å². The van der Waals surface area contributed by atoms with E-state index in [1.807, 2.05) is 0 Å². The molecule has 4 atom stereocenters. The van der Waals surface area contributed by atoms with Crippen molar-refractivity contribution in [3.8, 4) is 0 Å². The van der Waals surface area contributed by atoms with Gasteiger partial charge >= 0.3 is 0 Å². The summed E-state index contributed by atoms with van der Waals surface area (Å²) >= 11 is 0. The van der Waals surface area contributed by atoms with Crippen molar-refractivity contribution < 1.29 is 0 Å². The van der Waals surface area contributed by atoms with Crippen LogP contribution in [0.3, 0.4) is 0 Å². The maximum Gasteiger partial charge on any atom is -0.0295 e. The van der Waals surface area contributed by atoms with Crippen LogP contribution in [0.25, 0.3) is 0 Å². The summed E-state index contributed by atoms with van der Waals surface area (Å²) in [6.07, 6.45) is 6.72. The molecule has 0 aromatic rings. The Bertz CT molecular complexity index is 204. The molecule has 0 aliphatic carbocycles. The molecule has 0 N–H and O–H groups in total. The molecular formula is C18H38. The fourth-order valence-electron chi connectivity index (χ4n) is 4.07. The second kappa shape index (κ2) is 8.23. The molecule has 0 amide bonds. The van der Waals surface area contributed by atoms with Crippen molar-refractivity contribution in [2.45, 2.75) is 87.5 Å². The van der Waals surface area contributed by atoms with E-state index < -0.39 is 0 Å². The van der Waals surface area contributed by atoms with E-state index in [0.717, 1.165) is 23.7 Å². The Hall–Kier alpha value is 0. The first-order chi connectivity index (χ1) is 8.36. The van der Waals surface area contributed by atoms with Gasteiger partial charge < -0.3 is 0 Å². The van der Waals surface area contributed by atoms with Crippen LogP contribution in [0.4, 0.5) is 0 Å². The molecule has 0 saturated heterocycles. The van der Waals surface area contributed by atoms with Crippen LogP contribution in [0, 0.1) is 29.1 Å². The maximum absolute atomic E-state index is 2.52. The smallest absolute Gasteiger partial charge is 0.0295 e. The van der Waals surface area contributed by atoms with Gasteiger partial charge in [-0.2, -0.15) is 0 Å². The van der Waals surface area contributed by atoms with Gasteiger partial charge in [-0.05, 0) is 29.1 Å². The van der Waals surface area contributed by atoms with E-state index in [9.17, 15) is 0 Å². The van der Waals surface area contributed by atoms with Gasteiger partial charge in [0, 0.05) is 0 Å². The molecule has 0 heteroatoms. The highest BCUT2D eigenvalue weighted by Gasteiger charge is 2.38. The van der Waals surface area contributed by atoms with Crippen molar-refractivity contribution in [3.63, 3.8) is 0 Å². The molecule has 0 aromatic carbocycles. The lowest BCUT2D eigenvalue weighted by molar-refractivity contribution is 0.0387. The van der Waals surface area contributed by atoms with Crippen LogP contribution < -0.4 is 0 Å². The quantitative estimate of drug-likeness (QED) is 0.438. The third-order valence-corrected chi connectivity index (χ3v) is 5.79. The predicted octanol–water partition coefficient (Wildman–Crippen LogP) is 6.55. The summed E-state index contributed by atoms with van der Waals surface area (Å²) in [5.74, 6) is 3.46. The molecule has 0 aliphatic heterocycles. The molecule has 18 heavy (non-hydrogen) atoms. The molecule has 0 heterocycles. The summed E-state index contributed by atoms with van der Waals surface area (Å²) in [7, 11) is 0. The first-order valence-corrected chi connectivity index (χ1v) is 8.36. The van der Waals surface area contributed by atoms with Crippen LogP contribution >= 0.6 is 0 Å². The van der Waals surface area contributed by atoms with Gasteiger partial charge in [-0.25, -0.2) is 0 Å². The van der Waals surface area contributed by atoms with E-state index in [0.29, 0.717) is 5.41 Å². The molecule has 4 unspecified atom stereocenters. The molecule has 0 aromatic heterocycles. The molecule has 0 rings (SSSR count). The number of hydrogen-bond acceptors (Lipinski definition) is 0. The molecular weight excluding hydrogens is 216 g/mol. The fraction of sp³-hybridized carbons (Fsp3) is 1.00. The summed E-state index contributed by atoms with van der Waals surface area (Å²) in [6, 6.07) is 0. The summed E-state index contributed by atoms with van der Waals surface area (Å²) in [6.45, 7) is 19.4. The zero-order chi connectivity index (χ0) is 14.3. The third-order valence-electron chi connectivity index (χ3n) is 5.79. The number of hydrogen-bond donors (Lipinski definition) is 0. The van der Waals surface area contributed by atoms with E-state index in [1.54, 1.807) is 0 Å². The third kappa shape index (κ3) is 4.28. The zero-order valence-electron chi connectivity index (χ0n) is 14.3. The van der Waals surface area contributed by atoms with Crippen molar-refractivity contribution in [2.24, 2.45) is 29.1 Å². The molecule has 0 radical (unpaired) electrons. The lowest BCUT2D eigenvalue weighted by Gasteiger charge is -2.45. The van der Waals surface area contributed by atoms with Crippen LogP contribution in [0.5, 0.6) is 0 Å². The molecule has 0 aliphatic rings. The van der Waals surface area contributed by atoms with Gasteiger partial charge in [-0.3, -0.25) is 0 Å². The van der Waals surface area contributed by atoms with E-state index >= 15 is 0 Å². The van der Waals surface area contributed by atoms with Crippen molar-refractivity contribution in [1.29, 1.82) is 0 Å². The summed E-state index contributed by atoms with van der Waals surface area (Å²) in [4.78, 5) is 0. The minimum atomic E-state index is 0.472. The highest BCUT2D eigenvalue weighted by atomic mass is 14.4. The van der Waals surface area contributed by atoms with Gasteiger partial charge in [0.1, 0.15) is 0 Å². The summed E-state index contributed by atoms with van der Waals surface area (Å²) in [5.41, 5.74) is 0.472. The van der Waals surface area contributed by atoms with Crippen LogP contribution in [0.2, 0.25) is 0 Å². The normalized spacial score (nSPS) is 19.3. The van der Waals surface area contributed by atoms with Gasteiger partial charge in [0.05, 0.1) is 0 Å². The van der Waals surface area contributed by atoms with E-state index in [-0.39, 0.29) is 0 Å². The van der Waals surface area contributed by atoms with E-state index in [1.165, 1.54) is 32.1 Å². The predicted molar refractivity (Wildman–Crippen MR) is 84.9 cm³/mol. The Kier molecular flexibility index (Phi) is 8.23. The maximum atomic E-state index is 2.52. The lowest BCUT2D eigenvalue weighted by Crippen LogP contribution is -2.38. The molecule has 0 fully saturated rings. The lowest BCUT2D eigenvalue weighted by atomic mass is 9.60. The topological polar surface area (TPSA) is 0 Å². The van der Waals surface area contributed by atoms with Gasteiger partial charge in [0.2, 0.25) is 0 Å². The molecule has 0 bridgehead atoms. The Morgan fingerprint density at radius 3 is 1.72 bits per heavy atom. The van der Waals surface area contributed by atoms with Gasteiger partial charge in [-0.15, -0.1) is 0 Å². The Morgan fingerprint density at radius 1 is 0.833 bits per heavy atom. The Morgan fingerprint density at radius 2 is 1.39 bits per heavy atom. The fourth-order valence-corrected chi connectivity index (χ4v) is 4.07. The van der Waals surface area contributed by atoms with Crippen molar-refractivity contribution in [3.05, 3.63) is 0 Å². The first kappa shape index (κ1) is 18.0. The van der Waals surface area contributed by atoms with Crippen LogP contribution in [0.1, 0.15) is 87.5 Å². The monoisotopic (exact) mass is 254 g/mol. The van der Waals surface area contributed by atoms with Crippen LogP contribution in [-0.4, -0.2) is 0 Å². The average Bonchev–Trinajstić information content (AvgIpc) is 2.35. The summed E-state index contributed by atoms with van der Waals surface area (Å²) < 4.78 is 0. The zero-order valence-corrected chi connectivity index (χ0v) is 14.3. The minimum Gasteiger partial charge on any atom is -0.0654 e. The molecule has 0 spiro atoms. The second-order valence-electron chi connectivity index (χ2n) is 6.97. The van der Waals surface area contributed by atoms with Gasteiger partial charge in [0.15, 0.2) is 0 Å².